The van der Waals surface area contributed by atoms with Gasteiger partial charge in [0.25, 0.3) is 5.91 Å². The van der Waals surface area contributed by atoms with E-state index in [4.69, 9.17) is 32.7 Å². The zero-order valence-electron chi connectivity index (χ0n) is 16.1. The average Bonchev–Trinajstić information content (AvgIpc) is 3.27. The summed E-state index contributed by atoms with van der Waals surface area (Å²) in [5.41, 5.74) is 3.06. The molecule has 7 nitrogen and oxygen atoms in total. The number of allylic oxidation sites excluding steroid dienone is 1. The van der Waals surface area contributed by atoms with Gasteiger partial charge in [-0.2, -0.15) is 0 Å². The van der Waals surface area contributed by atoms with Crippen LogP contribution in [0.3, 0.4) is 0 Å². The van der Waals surface area contributed by atoms with Crippen molar-refractivity contribution in [1.82, 2.24) is 15.3 Å². The molecule has 9 heteroatoms. The Labute approximate surface area is 182 Å². The number of benzene rings is 2. The van der Waals surface area contributed by atoms with Gasteiger partial charge in [0, 0.05) is 54.1 Å². The summed E-state index contributed by atoms with van der Waals surface area (Å²) >= 11 is 13.2. The highest BCUT2D eigenvalue weighted by molar-refractivity contribution is 6.41. The highest BCUT2D eigenvalue weighted by Crippen LogP contribution is 2.47. The van der Waals surface area contributed by atoms with Crippen LogP contribution >= 0.6 is 23.2 Å². The van der Waals surface area contributed by atoms with Gasteiger partial charge >= 0.3 is 0 Å². The van der Waals surface area contributed by atoms with Crippen molar-refractivity contribution in [1.29, 1.82) is 0 Å². The van der Waals surface area contributed by atoms with Crippen LogP contribution in [-0.2, 0) is 0 Å². The average molecular weight is 443 g/mol. The molecule has 1 aliphatic heterocycles. The minimum absolute atomic E-state index is 0.302. The number of nitrogens with zero attached hydrogens (tertiary/aromatic N) is 3. The molecule has 0 saturated heterocycles. The van der Waals surface area contributed by atoms with Gasteiger partial charge < -0.3 is 14.8 Å². The zero-order chi connectivity index (χ0) is 21.3. The molecular weight excluding hydrogens is 427 g/mol. The van der Waals surface area contributed by atoms with Gasteiger partial charge in [-0.3, -0.25) is 19.8 Å². The fourth-order valence-corrected chi connectivity index (χ4v) is 3.91. The van der Waals surface area contributed by atoms with Crippen LogP contribution < -0.4 is 14.8 Å². The maximum Gasteiger partial charge on any atom is 0.257 e. The van der Waals surface area contributed by atoms with Crippen LogP contribution in [0.25, 0.3) is 22.2 Å². The first-order valence-electron chi connectivity index (χ1n) is 8.91. The maximum atomic E-state index is 12.8. The van der Waals surface area contributed by atoms with Gasteiger partial charge in [0.1, 0.15) is 17.0 Å². The van der Waals surface area contributed by atoms with Crippen LogP contribution in [0, 0.1) is 0 Å². The largest absolute Gasteiger partial charge is 0.495 e. The number of amides is 1. The van der Waals surface area contributed by atoms with Crippen LogP contribution in [0.4, 0.5) is 0 Å². The molecule has 152 valence electrons. The second-order valence-corrected chi connectivity index (χ2v) is 7.10. The number of carbonyl (C=O) groups excluding carboxylic acids is 1. The number of fused-ring (bicyclic) bond motifs is 1. The van der Waals surface area contributed by atoms with Crippen molar-refractivity contribution >= 4 is 46.4 Å². The van der Waals surface area contributed by atoms with Crippen LogP contribution in [0.15, 0.2) is 47.5 Å². The van der Waals surface area contributed by atoms with Gasteiger partial charge in [-0.1, -0.05) is 29.3 Å². The van der Waals surface area contributed by atoms with Gasteiger partial charge in [0.2, 0.25) is 0 Å². The predicted molar refractivity (Wildman–Crippen MR) is 117 cm³/mol. The standard InChI is InChI=1S/C21H16Cl2N4O3/c1-29-14-9-15(30-2)18(23)16(17(14)22)12-3-4-13(20-19(12)25-7-8-26-20)21(28)27-11-5-6-24-10-11/h3-4,6-10H,5H2,1-2H3,(H,27,28). The first-order chi connectivity index (χ1) is 14.5. The zero-order valence-corrected chi connectivity index (χ0v) is 17.6. The quantitative estimate of drug-likeness (QED) is 0.620. The van der Waals surface area contributed by atoms with E-state index in [9.17, 15) is 4.79 Å². The minimum atomic E-state index is -0.302. The third kappa shape index (κ3) is 3.46. The first kappa shape index (κ1) is 20.1. The Balaban J connectivity index is 1.90. The molecule has 2 heterocycles. The smallest absolute Gasteiger partial charge is 0.257 e. The summed E-state index contributed by atoms with van der Waals surface area (Å²) in [5.74, 6) is 0.504. The molecule has 1 aliphatic rings. The molecule has 0 atom stereocenters. The predicted octanol–water partition coefficient (Wildman–Crippen LogP) is 4.67. The maximum absolute atomic E-state index is 12.8. The number of carbonyl (C=O) groups is 1. The number of ether oxygens (including phenoxy) is 2. The SMILES string of the molecule is COc1cc(OC)c(Cl)c(-c2ccc(C(=O)NC3=CN=CC3)c3nccnc23)c1Cl. The van der Waals surface area contributed by atoms with E-state index < -0.39 is 0 Å². The summed E-state index contributed by atoms with van der Waals surface area (Å²) in [4.78, 5) is 25.7. The molecule has 0 spiro atoms. The molecule has 1 aromatic heterocycles. The highest BCUT2D eigenvalue weighted by Gasteiger charge is 2.23. The lowest BCUT2D eigenvalue weighted by molar-refractivity contribution is 0.0967. The van der Waals surface area contributed by atoms with Gasteiger partial charge in [0.15, 0.2) is 0 Å². The molecule has 30 heavy (non-hydrogen) atoms. The Bertz CT molecular complexity index is 1200. The van der Waals surface area contributed by atoms with E-state index in [1.165, 1.54) is 20.4 Å². The van der Waals surface area contributed by atoms with E-state index in [0.29, 0.717) is 61.4 Å². The summed E-state index contributed by atoms with van der Waals surface area (Å²) in [5, 5.41) is 3.46. The summed E-state index contributed by atoms with van der Waals surface area (Å²) in [7, 11) is 3.01. The number of aliphatic imine (C=N–C) groups is 1. The van der Waals surface area contributed by atoms with Crippen molar-refractivity contribution in [2.24, 2.45) is 4.99 Å². The van der Waals surface area contributed by atoms with Gasteiger partial charge in [-0.25, -0.2) is 0 Å². The molecule has 3 aromatic rings. The second kappa shape index (κ2) is 8.30. The monoisotopic (exact) mass is 442 g/mol. The Morgan fingerprint density at radius 2 is 1.70 bits per heavy atom. The Morgan fingerprint density at radius 3 is 2.30 bits per heavy atom. The molecule has 1 amide bonds. The van der Waals surface area contributed by atoms with Crippen molar-refractivity contribution < 1.29 is 14.3 Å². The number of hydrogen-bond donors (Lipinski definition) is 1. The number of methoxy groups -OCH3 is 2. The number of hydrogen-bond acceptors (Lipinski definition) is 6. The number of aromatic nitrogens is 2. The lowest BCUT2D eigenvalue weighted by Gasteiger charge is -2.16. The normalized spacial score (nSPS) is 12.7. The van der Waals surface area contributed by atoms with Gasteiger partial charge in [-0.05, 0) is 6.07 Å². The van der Waals surface area contributed by atoms with Crippen molar-refractivity contribution in [2.75, 3.05) is 14.2 Å². The topological polar surface area (TPSA) is 85.7 Å². The van der Waals surface area contributed by atoms with Crippen molar-refractivity contribution in [2.45, 2.75) is 6.42 Å². The van der Waals surface area contributed by atoms with Crippen LogP contribution in [0.1, 0.15) is 16.8 Å². The molecule has 4 rings (SSSR count). The summed E-state index contributed by atoms with van der Waals surface area (Å²) < 4.78 is 10.7. The molecule has 0 bridgehead atoms. The Morgan fingerprint density at radius 1 is 1.03 bits per heavy atom. The Kier molecular flexibility index (Phi) is 5.57. The Hall–Kier alpha value is -3.16. The highest BCUT2D eigenvalue weighted by atomic mass is 35.5. The van der Waals surface area contributed by atoms with E-state index in [0.717, 1.165) is 0 Å². The van der Waals surface area contributed by atoms with E-state index in [1.807, 2.05) is 0 Å². The van der Waals surface area contributed by atoms with Crippen LogP contribution in [-0.4, -0.2) is 36.3 Å². The summed E-state index contributed by atoms with van der Waals surface area (Å²) in [6.07, 6.45) is 6.97. The van der Waals surface area contributed by atoms with Crippen molar-refractivity contribution in [3.8, 4) is 22.6 Å². The molecule has 0 saturated carbocycles. The van der Waals surface area contributed by atoms with Crippen molar-refractivity contribution in [3.63, 3.8) is 0 Å². The molecular formula is C21H16Cl2N4O3. The number of nitrogens with one attached hydrogen (secondary N) is 1. The third-order valence-electron chi connectivity index (χ3n) is 4.63. The number of rotatable bonds is 5. The molecule has 1 N–H and O–H groups in total. The third-order valence-corrected chi connectivity index (χ3v) is 5.38. The van der Waals surface area contributed by atoms with Crippen LogP contribution in [0.5, 0.6) is 11.5 Å². The fourth-order valence-electron chi connectivity index (χ4n) is 3.21. The molecule has 0 fully saturated rings. The fraction of sp³-hybridized carbons (Fsp3) is 0.143. The summed E-state index contributed by atoms with van der Waals surface area (Å²) in [6.45, 7) is 0. The molecule has 2 aromatic carbocycles. The molecule has 0 aliphatic carbocycles. The lowest BCUT2D eigenvalue weighted by Crippen LogP contribution is -2.22. The molecule has 0 radical (unpaired) electrons. The van der Waals surface area contributed by atoms with Gasteiger partial charge in [-0.15, -0.1) is 0 Å². The van der Waals surface area contributed by atoms with E-state index >= 15 is 0 Å². The minimum Gasteiger partial charge on any atom is -0.495 e. The van der Waals surface area contributed by atoms with Crippen LogP contribution in [0.2, 0.25) is 10.0 Å². The summed E-state index contributed by atoms with van der Waals surface area (Å²) in [6, 6.07) is 5.01. The molecule has 0 unspecified atom stereocenters. The van der Waals surface area contributed by atoms with E-state index in [2.05, 4.69) is 20.3 Å². The number of halogens is 2. The van der Waals surface area contributed by atoms with E-state index in [-0.39, 0.29) is 5.91 Å². The van der Waals surface area contributed by atoms with Crippen molar-refractivity contribution in [3.05, 3.63) is 58.1 Å². The lowest BCUT2D eigenvalue weighted by atomic mass is 9.99. The van der Waals surface area contributed by atoms with Gasteiger partial charge in [0.05, 0.1) is 35.3 Å². The van der Waals surface area contributed by atoms with E-state index in [1.54, 1.807) is 36.8 Å². The second-order valence-electron chi connectivity index (χ2n) is 6.34. The first-order valence-corrected chi connectivity index (χ1v) is 9.66.